The van der Waals surface area contributed by atoms with E-state index in [9.17, 15) is 9.59 Å². The third-order valence-corrected chi connectivity index (χ3v) is 6.42. The van der Waals surface area contributed by atoms with Crippen LogP contribution in [0.25, 0.3) is 10.2 Å². The maximum atomic E-state index is 12.4. The normalized spacial score (nSPS) is 15.9. The van der Waals surface area contributed by atoms with Gasteiger partial charge >= 0.3 is 0 Å². The highest BCUT2D eigenvalue weighted by atomic mass is 35.5. The van der Waals surface area contributed by atoms with E-state index in [-0.39, 0.29) is 18.2 Å². The van der Waals surface area contributed by atoms with Crippen molar-refractivity contribution in [3.8, 4) is 5.75 Å². The topological polar surface area (TPSA) is 80.3 Å². The van der Waals surface area contributed by atoms with Crippen molar-refractivity contribution >= 4 is 67.5 Å². The number of thiazole rings is 1. The Balaban J connectivity index is 1.45. The smallest absolute Gasteiger partial charge is 0.238 e. The summed E-state index contributed by atoms with van der Waals surface area (Å²) in [6, 6.07) is 10.8. The number of benzene rings is 2. The Labute approximate surface area is 168 Å². The zero-order valence-electron chi connectivity index (χ0n) is 14.1. The highest BCUT2D eigenvalue weighted by Crippen LogP contribution is 2.38. The summed E-state index contributed by atoms with van der Waals surface area (Å²) < 4.78 is 6.11. The van der Waals surface area contributed by atoms with Gasteiger partial charge in [-0.1, -0.05) is 22.9 Å². The van der Waals surface area contributed by atoms with E-state index in [1.165, 1.54) is 23.1 Å². The molecule has 0 aliphatic carbocycles. The fourth-order valence-electron chi connectivity index (χ4n) is 2.68. The van der Waals surface area contributed by atoms with Gasteiger partial charge in [-0.25, -0.2) is 4.98 Å². The van der Waals surface area contributed by atoms with E-state index in [4.69, 9.17) is 16.3 Å². The molecule has 0 saturated carbocycles. The van der Waals surface area contributed by atoms with Crippen LogP contribution < -0.4 is 15.4 Å². The van der Waals surface area contributed by atoms with Gasteiger partial charge in [0.05, 0.1) is 28.3 Å². The number of carbonyl (C=O) groups is 2. The van der Waals surface area contributed by atoms with Crippen LogP contribution in [0.15, 0.2) is 41.3 Å². The van der Waals surface area contributed by atoms with Crippen LogP contribution in [-0.2, 0) is 9.59 Å². The SMILES string of the molecule is COc1ccc2nc(NC(=O)CC3Sc4ccc(Cl)cc4NC3=O)sc2c1. The summed E-state index contributed by atoms with van der Waals surface area (Å²) in [7, 11) is 1.60. The molecule has 9 heteroatoms. The lowest BCUT2D eigenvalue weighted by Crippen LogP contribution is -2.32. The quantitative estimate of drug-likeness (QED) is 0.655. The molecule has 0 radical (unpaired) electrons. The Morgan fingerprint density at radius 3 is 3.00 bits per heavy atom. The number of hydrogen-bond acceptors (Lipinski definition) is 6. The van der Waals surface area contributed by atoms with E-state index in [1.807, 2.05) is 24.3 Å². The van der Waals surface area contributed by atoms with Crippen LogP contribution in [0, 0.1) is 0 Å². The monoisotopic (exact) mass is 419 g/mol. The zero-order valence-corrected chi connectivity index (χ0v) is 16.5. The first-order valence-electron chi connectivity index (χ1n) is 8.03. The van der Waals surface area contributed by atoms with Crippen LogP contribution >= 0.6 is 34.7 Å². The minimum Gasteiger partial charge on any atom is -0.497 e. The second kappa shape index (κ2) is 7.38. The van der Waals surface area contributed by atoms with Gasteiger partial charge < -0.3 is 15.4 Å². The number of anilines is 2. The van der Waals surface area contributed by atoms with Crippen LogP contribution in [0.3, 0.4) is 0 Å². The number of amides is 2. The minimum absolute atomic E-state index is 0.0534. The number of thioether (sulfide) groups is 1. The number of aromatic nitrogens is 1. The molecule has 0 saturated heterocycles. The van der Waals surface area contributed by atoms with Crippen molar-refractivity contribution in [1.29, 1.82) is 0 Å². The van der Waals surface area contributed by atoms with Crippen molar-refractivity contribution in [2.75, 3.05) is 17.7 Å². The van der Waals surface area contributed by atoms with Gasteiger partial charge in [-0.05, 0) is 36.4 Å². The first-order chi connectivity index (χ1) is 13.0. The Morgan fingerprint density at radius 2 is 2.19 bits per heavy atom. The molecule has 0 spiro atoms. The fourth-order valence-corrected chi connectivity index (χ4v) is 4.85. The fraction of sp³-hybridized carbons (Fsp3) is 0.167. The van der Waals surface area contributed by atoms with Crippen LogP contribution in [0.2, 0.25) is 5.02 Å². The molecule has 2 aromatic carbocycles. The number of halogens is 1. The summed E-state index contributed by atoms with van der Waals surface area (Å²) in [6.07, 6.45) is 0.0534. The van der Waals surface area contributed by atoms with E-state index >= 15 is 0 Å². The van der Waals surface area contributed by atoms with Crippen molar-refractivity contribution in [1.82, 2.24) is 4.98 Å². The Bertz CT molecular complexity index is 1050. The lowest BCUT2D eigenvalue weighted by atomic mass is 10.2. The second-order valence-electron chi connectivity index (χ2n) is 5.84. The summed E-state index contributed by atoms with van der Waals surface area (Å²) >= 11 is 8.67. The summed E-state index contributed by atoms with van der Waals surface area (Å²) in [6.45, 7) is 0. The summed E-state index contributed by atoms with van der Waals surface area (Å²) in [4.78, 5) is 30.0. The molecule has 1 unspecified atom stereocenters. The van der Waals surface area contributed by atoms with E-state index in [2.05, 4.69) is 15.6 Å². The standard InChI is InChI=1S/C18H14ClN3O3S2/c1-25-10-3-4-11-14(7-10)27-18(21-11)22-16(23)8-15-17(24)20-12-6-9(19)2-5-13(12)26-15/h2-7,15H,8H2,1H3,(H,20,24)(H,21,22,23). The first kappa shape index (κ1) is 18.1. The number of nitrogens with one attached hydrogen (secondary N) is 2. The average Bonchev–Trinajstić information content (AvgIpc) is 3.03. The number of hydrogen-bond donors (Lipinski definition) is 2. The lowest BCUT2D eigenvalue weighted by Gasteiger charge is -2.23. The molecule has 1 aromatic heterocycles. The molecule has 0 bridgehead atoms. The van der Waals surface area contributed by atoms with E-state index in [1.54, 1.807) is 19.2 Å². The number of carbonyl (C=O) groups excluding carboxylic acids is 2. The molecule has 4 rings (SSSR count). The Hall–Kier alpha value is -2.29. The number of ether oxygens (including phenoxy) is 1. The van der Waals surface area contributed by atoms with Gasteiger partial charge in [0.15, 0.2) is 5.13 Å². The maximum absolute atomic E-state index is 12.4. The molecule has 0 fully saturated rings. The van der Waals surface area contributed by atoms with E-state index in [0.717, 1.165) is 20.9 Å². The van der Waals surface area contributed by atoms with Crippen molar-refractivity contribution < 1.29 is 14.3 Å². The molecule has 1 aliphatic heterocycles. The third kappa shape index (κ3) is 3.87. The molecular formula is C18H14ClN3O3S2. The number of methoxy groups -OCH3 is 1. The highest BCUT2D eigenvalue weighted by molar-refractivity contribution is 8.01. The molecule has 138 valence electrons. The molecule has 3 aromatic rings. The van der Waals surface area contributed by atoms with Crippen LogP contribution in [0.1, 0.15) is 6.42 Å². The van der Waals surface area contributed by atoms with Gasteiger partial charge in [0.2, 0.25) is 11.8 Å². The van der Waals surface area contributed by atoms with Gasteiger partial charge in [-0.3, -0.25) is 9.59 Å². The largest absolute Gasteiger partial charge is 0.497 e. The molecule has 1 atom stereocenters. The first-order valence-corrected chi connectivity index (χ1v) is 10.1. The zero-order chi connectivity index (χ0) is 19.0. The van der Waals surface area contributed by atoms with Gasteiger partial charge in [0.25, 0.3) is 0 Å². The predicted molar refractivity (Wildman–Crippen MR) is 109 cm³/mol. The van der Waals surface area contributed by atoms with Crippen LogP contribution in [-0.4, -0.2) is 29.2 Å². The molecule has 2 heterocycles. The van der Waals surface area contributed by atoms with E-state index < -0.39 is 5.25 Å². The van der Waals surface area contributed by atoms with Gasteiger partial charge in [-0.2, -0.15) is 0 Å². The van der Waals surface area contributed by atoms with Crippen molar-refractivity contribution in [3.05, 3.63) is 41.4 Å². The molecule has 2 N–H and O–H groups in total. The number of rotatable bonds is 4. The van der Waals surface area contributed by atoms with Crippen molar-refractivity contribution in [2.45, 2.75) is 16.6 Å². The van der Waals surface area contributed by atoms with Crippen molar-refractivity contribution in [2.24, 2.45) is 0 Å². The third-order valence-electron chi connectivity index (χ3n) is 3.97. The summed E-state index contributed by atoms with van der Waals surface area (Å²) in [5.74, 6) is 0.267. The Kier molecular flexibility index (Phi) is 4.94. The molecular weight excluding hydrogens is 406 g/mol. The van der Waals surface area contributed by atoms with Crippen LogP contribution in [0.4, 0.5) is 10.8 Å². The maximum Gasteiger partial charge on any atom is 0.238 e. The van der Waals surface area contributed by atoms with Crippen LogP contribution in [0.5, 0.6) is 5.75 Å². The molecule has 27 heavy (non-hydrogen) atoms. The van der Waals surface area contributed by atoms with Gasteiger partial charge in [0.1, 0.15) is 5.75 Å². The number of fused-ring (bicyclic) bond motifs is 2. The minimum atomic E-state index is -0.506. The van der Waals surface area contributed by atoms with Crippen molar-refractivity contribution in [3.63, 3.8) is 0 Å². The predicted octanol–water partition coefficient (Wildman–Crippen LogP) is 4.40. The Morgan fingerprint density at radius 1 is 1.33 bits per heavy atom. The molecule has 1 aliphatic rings. The average molecular weight is 420 g/mol. The number of nitrogens with zero attached hydrogens (tertiary/aromatic N) is 1. The molecule has 6 nitrogen and oxygen atoms in total. The summed E-state index contributed by atoms with van der Waals surface area (Å²) in [5.41, 5.74) is 1.46. The lowest BCUT2D eigenvalue weighted by molar-refractivity contribution is -0.120. The van der Waals surface area contributed by atoms with Gasteiger partial charge in [0, 0.05) is 16.3 Å². The molecule has 2 amide bonds. The highest BCUT2D eigenvalue weighted by Gasteiger charge is 2.29. The second-order valence-corrected chi connectivity index (χ2v) is 8.55. The summed E-state index contributed by atoms with van der Waals surface area (Å²) in [5, 5.41) is 6.13. The van der Waals surface area contributed by atoms with E-state index in [0.29, 0.717) is 15.8 Å². The van der Waals surface area contributed by atoms with Gasteiger partial charge in [-0.15, -0.1) is 11.8 Å².